The molecule has 1 amide bonds. The van der Waals surface area contributed by atoms with Gasteiger partial charge in [-0.3, -0.25) is 14.4 Å². The normalized spacial score (nSPS) is 20.3. The zero-order chi connectivity index (χ0) is 31.6. The van der Waals surface area contributed by atoms with E-state index in [0.717, 1.165) is 10.6 Å². The molecule has 0 aromatic carbocycles. The van der Waals surface area contributed by atoms with Crippen LogP contribution in [0.2, 0.25) is 0 Å². The van der Waals surface area contributed by atoms with Crippen LogP contribution >= 0.6 is 0 Å². The van der Waals surface area contributed by atoms with Gasteiger partial charge in [0.1, 0.15) is 5.69 Å². The summed E-state index contributed by atoms with van der Waals surface area (Å²) in [5.74, 6) is -6.04. The molecule has 2 aromatic heterocycles. The van der Waals surface area contributed by atoms with E-state index in [4.69, 9.17) is 20.4 Å². The van der Waals surface area contributed by atoms with E-state index in [2.05, 4.69) is 10.1 Å². The number of likely N-dealkylation sites (tertiary alicyclic amines) is 1. The molecule has 0 saturated carbocycles. The highest BCUT2D eigenvalue weighted by molar-refractivity contribution is 7.91. The number of nitrogens with zero attached hydrogens (tertiary/aromatic N) is 4. The first-order valence-electron chi connectivity index (χ1n) is 12.7. The van der Waals surface area contributed by atoms with Gasteiger partial charge in [-0.25, -0.2) is 22.7 Å². The van der Waals surface area contributed by atoms with Crippen LogP contribution in [0, 0.1) is 5.92 Å². The standard InChI is InChI=1S/C18H21F3N4O3S.C6H8O7/c1-2-12-8-15(18(19,20)21)25-16(22-12)9-13(23-25)14-4-3-6-24(14)17(26)11-5-7-29(27,28)10-11;7-3(8)1-6(13,5(11)12)2-4(9)10/h8-9,11,14H,2-7,10H2,1H3;13H,1-2H2,(H,7,8)(H,9,10)(H,11,12). The summed E-state index contributed by atoms with van der Waals surface area (Å²) in [7, 11) is -3.20. The number of aromatic nitrogens is 3. The van der Waals surface area contributed by atoms with Gasteiger partial charge in [-0.15, -0.1) is 0 Å². The molecule has 2 atom stereocenters. The van der Waals surface area contributed by atoms with Gasteiger partial charge in [-0.2, -0.15) is 18.3 Å². The van der Waals surface area contributed by atoms with Gasteiger partial charge in [-0.1, -0.05) is 6.92 Å². The summed E-state index contributed by atoms with van der Waals surface area (Å²) < 4.78 is 64.7. The van der Waals surface area contributed by atoms with E-state index in [1.807, 2.05) is 0 Å². The highest BCUT2D eigenvalue weighted by atomic mass is 32.2. The number of carbonyl (C=O) groups excluding carboxylic acids is 1. The number of amides is 1. The zero-order valence-corrected chi connectivity index (χ0v) is 23.1. The Labute approximate surface area is 236 Å². The number of sulfone groups is 1. The predicted octanol–water partition coefficient (Wildman–Crippen LogP) is 1.16. The van der Waals surface area contributed by atoms with E-state index < -0.39 is 70.0 Å². The SMILES string of the molecule is CCc1cc(C(F)(F)F)n2nc(C3CCCN3C(=O)C3CCS(=O)(=O)C3)cc2n1.O=C(O)CC(O)(CC(=O)O)C(=O)O. The lowest BCUT2D eigenvalue weighted by molar-refractivity contribution is -0.170. The molecule has 2 fully saturated rings. The number of hydrogen-bond acceptors (Lipinski definition) is 9. The highest BCUT2D eigenvalue weighted by Gasteiger charge is 2.42. The van der Waals surface area contributed by atoms with E-state index in [1.165, 1.54) is 6.07 Å². The zero-order valence-electron chi connectivity index (χ0n) is 22.2. The molecule has 18 heteroatoms. The van der Waals surface area contributed by atoms with Crippen molar-refractivity contribution in [3.8, 4) is 0 Å². The summed E-state index contributed by atoms with van der Waals surface area (Å²) in [6.45, 7) is 2.16. The molecule has 4 heterocycles. The van der Waals surface area contributed by atoms with Gasteiger partial charge in [0.2, 0.25) is 5.91 Å². The van der Waals surface area contributed by atoms with Gasteiger partial charge >= 0.3 is 24.1 Å². The minimum Gasteiger partial charge on any atom is -0.481 e. The Balaban J connectivity index is 0.000000316. The van der Waals surface area contributed by atoms with Gasteiger partial charge in [0.15, 0.2) is 21.1 Å². The van der Waals surface area contributed by atoms with Crippen LogP contribution in [0.15, 0.2) is 12.1 Å². The lowest BCUT2D eigenvalue weighted by atomic mass is 9.96. The van der Waals surface area contributed by atoms with Gasteiger partial charge in [-0.05, 0) is 31.7 Å². The molecule has 2 aliphatic heterocycles. The Kier molecular flexibility index (Phi) is 9.51. The van der Waals surface area contributed by atoms with E-state index >= 15 is 0 Å². The number of carboxylic acids is 3. The van der Waals surface area contributed by atoms with Crippen molar-refractivity contribution in [3.63, 3.8) is 0 Å². The van der Waals surface area contributed by atoms with Gasteiger partial charge in [0, 0.05) is 18.3 Å². The van der Waals surface area contributed by atoms with Crippen LogP contribution in [0.1, 0.15) is 62.2 Å². The molecule has 0 radical (unpaired) electrons. The average molecular weight is 623 g/mol. The first kappa shape index (κ1) is 32.7. The molecule has 2 aromatic rings. The van der Waals surface area contributed by atoms with Crippen molar-refractivity contribution in [2.75, 3.05) is 18.1 Å². The van der Waals surface area contributed by atoms with Crippen LogP contribution in [0.4, 0.5) is 13.2 Å². The van der Waals surface area contributed by atoms with Crippen molar-refractivity contribution in [1.82, 2.24) is 19.5 Å². The van der Waals surface area contributed by atoms with Crippen LogP contribution < -0.4 is 0 Å². The summed E-state index contributed by atoms with van der Waals surface area (Å²) in [6.07, 6.45) is -4.98. The van der Waals surface area contributed by atoms with E-state index in [9.17, 15) is 40.8 Å². The maximum absolute atomic E-state index is 13.5. The van der Waals surface area contributed by atoms with Crippen LogP contribution in [0.3, 0.4) is 0 Å². The molecule has 0 spiro atoms. The lowest BCUT2D eigenvalue weighted by Gasteiger charge is -2.25. The van der Waals surface area contributed by atoms with Gasteiger partial charge in [0.05, 0.1) is 42.0 Å². The van der Waals surface area contributed by atoms with E-state index in [-0.39, 0.29) is 29.5 Å². The number of rotatable bonds is 8. The number of carbonyl (C=O) groups is 4. The summed E-state index contributed by atoms with van der Waals surface area (Å²) >= 11 is 0. The third-order valence-electron chi connectivity index (χ3n) is 6.90. The molecule has 4 N–H and O–H groups in total. The largest absolute Gasteiger partial charge is 0.481 e. The number of fused-ring (bicyclic) bond motifs is 1. The number of aliphatic hydroxyl groups is 1. The Morgan fingerprint density at radius 2 is 1.67 bits per heavy atom. The Morgan fingerprint density at radius 1 is 1.05 bits per heavy atom. The van der Waals surface area contributed by atoms with Crippen molar-refractivity contribution >= 4 is 39.3 Å². The first-order valence-corrected chi connectivity index (χ1v) is 14.6. The van der Waals surface area contributed by atoms with Crippen molar-refractivity contribution in [1.29, 1.82) is 0 Å². The number of aryl methyl sites for hydroxylation is 1. The van der Waals surface area contributed by atoms with Crippen LogP contribution in [-0.2, 0) is 41.6 Å². The number of carboxylic acid groups (broad SMARTS) is 3. The smallest absolute Gasteiger partial charge is 0.433 e. The molecular weight excluding hydrogens is 593 g/mol. The Hall–Kier alpha value is -3.80. The minimum atomic E-state index is -4.59. The monoisotopic (exact) mass is 622 g/mol. The third kappa shape index (κ3) is 7.53. The quantitative estimate of drug-likeness (QED) is 0.326. The molecule has 232 valence electrons. The number of alkyl halides is 3. The molecule has 2 saturated heterocycles. The minimum absolute atomic E-state index is 0.00502. The molecule has 4 rings (SSSR count). The molecule has 0 bridgehead atoms. The number of halogens is 3. The summed E-state index contributed by atoms with van der Waals surface area (Å²) in [4.78, 5) is 49.2. The average Bonchev–Trinajstić information content (AvgIpc) is 3.59. The van der Waals surface area contributed by atoms with Crippen LogP contribution in [0.5, 0.6) is 0 Å². The highest BCUT2D eigenvalue weighted by Crippen LogP contribution is 2.36. The third-order valence-corrected chi connectivity index (χ3v) is 8.66. The molecular formula is C24H29F3N4O10S. The van der Waals surface area contributed by atoms with E-state index in [1.54, 1.807) is 11.8 Å². The molecule has 14 nitrogen and oxygen atoms in total. The summed E-state index contributed by atoms with van der Waals surface area (Å²) in [6, 6.07) is 2.01. The molecule has 2 unspecified atom stereocenters. The fourth-order valence-electron chi connectivity index (χ4n) is 4.87. The molecule has 2 aliphatic rings. The maximum Gasteiger partial charge on any atom is 0.433 e. The Morgan fingerprint density at radius 3 is 2.14 bits per heavy atom. The molecule has 0 aliphatic carbocycles. The maximum atomic E-state index is 13.5. The second-order valence-electron chi connectivity index (χ2n) is 10.1. The summed E-state index contributed by atoms with van der Waals surface area (Å²) in [5, 5.41) is 38.0. The predicted molar refractivity (Wildman–Crippen MR) is 135 cm³/mol. The fraction of sp³-hybridized carbons (Fsp3) is 0.583. The fourth-order valence-corrected chi connectivity index (χ4v) is 6.60. The van der Waals surface area contributed by atoms with Crippen molar-refractivity contribution < 1.29 is 61.2 Å². The van der Waals surface area contributed by atoms with Crippen LogP contribution in [-0.4, -0.2) is 95.8 Å². The van der Waals surface area contributed by atoms with Crippen molar-refractivity contribution in [3.05, 3.63) is 29.2 Å². The molecule has 42 heavy (non-hydrogen) atoms. The first-order chi connectivity index (χ1) is 19.4. The van der Waals surface area contributed by atoms with Crippen molar-refractivity contribution in [2.24, 2.45) is 5.92 Å². The lowest BCUT2D eigenvalue weighted by Crippen LogP contribution is -2.42. The second kappa shape index (κ2) is 12.2. The second-order valence-corrected chi connectivity index (χ2v) is 12.3. The Bertz CT molecular complexity index is 1480. The number of hydrogen-bond donors (Lipinski definition) is 4. The van der Waals surface area contributed by atoms with Crippen molar-refractivity contribution in [2.45, 2.75) is 63.3 Å². The van der Waals surface area contributed by atoms with E-state index in [0.29, 0.717) is 37.2 Å². The van der Waals surface area contributed by atoms with Crippen LogP contribution in [0.25, 0.3) is 5.65 Å². The summed E-state index contributed by atoms with van der Waals surface area (Å²) in [5.41, 5.74) is -2.88. The van der Waals surface area contributed by atoms with Gasteiger partial charge < -0.3 is 25.3 Å². The van der Waals surface area contributed by atoms with Gasteiger partial charge in [0.25, 0.3) is 0 Å². The topological polar surface area (TPSA) is 217 Å². The number of aliphatic carboxylic acids is 3.